The van der Waals surface area contributed by atoms with Gasteiger partial charge in [-0.2, -0.15) is 8.42 Å². The number of nitrogens with two attached hydrogens (primary N) is 2. The van der Waals surface area contributed by atoms with Crippen molar-refractivity contribution in [3.05, 3.63) is 39.9 Å². The molecular formula is C29H42N4O11S. The van der Waals surface area contributed by atoms with Crippen LogP contribution in [0.5, 0.6) is 5.75 Å². The number of rotatable bonds is 9. The quantitative estimate of drug-likeness (QED) is 0.0811. The number of aliphatic hydroxyl groups is 3. The van der Waals surface area contributed by atoms with Crippen LogP contribution in [0.3, 0.4) is 0 Å². The molecule has 0 bridgehead atoms. The van der Waals surface area contributed by atoms with Gasteiger partial charge in [-0.25, -0.2) is 0 Å². The van der Waals surface area contributed by atoms with E-state index in [1.54, 1.807) is 20.2 Å². The normalized spacial score (nSPS) is 24.5. The van der Waals surface area contributed by atoms with Gasteiger partial charge in [-0.3, -0.25) is 28.4 Å². The SMILES string of the molecule is CCCCN(CCCC)c1cc(N)c(O)c2c1CC1CC3[C@H](N(C)C)C(O)=C(C(N)=O)C(=O)[C@@]3(O)C(O)=C1C2=O.O=S(=O)(O)O. The molecular weight excluding hydrogens is 612 g/mol. The number of amides is 1. The molecule has 1 aromatic rings. The molecule has 16 heteroatoms. The molecule has 3 aliphatic carbocycles. The van der Waals surface area contributed by atoms with Crippen LogP contribution in [-0.4, -0.2) is 99.2 Å². The van der Waals surface area contributed by atoms with Crippen LogP contribution in [0.1, 0.15) is 61.9 Å². The standard InChI is InChI=1S/C29H40N4O7.H2O4S/c1-5-7-9-33(10-8-6-2)18-13-17(30)23(34)20-15(18)11-14-12-16-22(32(3)4)25(36)21(28(31)39)27(38)29(16,40)26(37)19(14)24(20)35;1-5(2,3)4/h13-14,16,22,34,36-37,40H,5-12,30H2,1-4H3,(H2,31,39);(H2,1,2,3,4)/t14?,16?,22-,29-;/m0./s1. The van der Waals surface area contributed by atoms with Crippen LogP contribution in [0.2, 0.25) is 0 Å². The smallest absolute Gasteiger partial charge is 0.394 e. The lowest BCUT2D eigenvalue weighted by Crippen LogP contribution is -2.63. The largest absolute Gasteiger partial charge is 0.510 e. The van der Waals surface area contributed by atoms with Gasteiger partial charge in [-0.1, -0.05) is 26.7 Å². The molecule has 4 atom stereocenters. The van der Waals surface area contributed by atoms with Gasteiger partial charge >= 0.3 is 10.4 Å². The number of unbranched alkanes of at least 4 members (excludes halogenated alkanes) is 2. The van der Waals surface area contributed by atoms with E-state index in [0.29, 0.717) is 5.56 Å². The van der Waals surface area contributed by atoms with E-state index in [4.69, 9.17) is 29.0 Å². The van der Waals surface area contributed by atoms with Crippen LogP contribution in [0, 0.1) is 11.8 Å². The Kier molecular flexibility index (Phi) is 10.6. The molecule has 45 heavy (non-hydrogen) atoms. The van der Waals surface area contributed by atoms with E-state index in [0.717, 1.165) is 44.5 Å². The fourth-order valence-corrected chi connectivity index (χ4v) is 6.65. The van der Waals surface area contributed by atoms with Crippen LogP contribution in [0.15, 0.2) is 28.7 Å². The predicted molar refractivity (Wildman–Crippen MR) is 164 cm³/mol. The Morgan fingerprint density at radius 1 is 1.07 bits per heavy atom. The number of Topliss-reactive ketones (excluding diaryl/α,β-unsaturated/α-hetero) is 2. The molecule has 0 spiro atoms. The molecule has 0 heterocycles. The molecule has 4 rings (SSSR count). The number of hydrogen-bond acceptors (Lipinski definition) is 12. The highest BCUT2D eigenvalue weighted by Gasteiger charge is 2.63. The summed E-state index contributed by atoms with van der Waals surface area (Å²) in [6.45, 7) is 5.64. The molecule has 0 aromatic heterocycles. The summed E-state index contributed by atoms with van der Waals surface area (Å²) in [6, 6.07) is 0.649. The number of anilines is 2. The Morgan fingerprint density at radius 2 is 1.60 bits per heavy atom. The first-order valence-electron chi connectivity index (χ1n) is 14.6. The first kappa shape index (κ1) is 35.8. The van der Waals surface area contributed by atoms with Crippen molar-refractivity contribution in [3.8, 4) is 5.75 Å². The van der Waals surface area contributed by atoms with Crippen molar-refractivity contribution in [2.75, 3.05) is 37.8 Å². The Balaban J connectivity index is 0.00000102. The van der Waals surface area contributed by atoms with Crippen LogP contribution < -0.4 is 16.4 Å². The van der Waals surface area contributed by atoms with Gasteiger partial charge in [0.25, 0.3) is 5.91 Å². The number of fused-ring (bicyclic) bond motifs is 3. The van der Waals surface area contributed by atoms with E-state index in [9.17, 15) is 34.8 Å². The van der Waals surface area contributed by atoms with Crippen LogP contribution in [0.4, 0.5) is 11.4 Å². The molecule has 250 valence electrons. The second-order valence-electron chi connectivity index (χ2n) is 11.8. The maximum atomic E-state index is 14.0. The number of primary amides is 1. The van der Waals surface area contributed by atoms with Crippen molar-refractivity contribution in [2.24, 2.45) is 17.6 Å². The fourth-order valence-electron chi connectivity index (χ4n) is 6.65. The summed E-state index contributed by atoms with van der Waals surface area (Å²) < 4.78 is 31.6. The third-order valence-electron chi connectivity index (χ3n) is 8.63. The third kappa shape index (κ3) is 6.65. The molecule has 10 N–H and O–H groups in total. The molecule has 1 aromatic carbocycles. The summed E-state index contributed by atoms with van der Waals surface area (Å²) >= 11 is 0. The number of ketones is 2. The molecule has 3 aliphatic rings. The van der Waals surface area contributed by atoms with Crippen molar-refractivity contribution < 1.29 is 52.3 Å². The number of aromatic hydroxyl groups is 1. The van der Waals surface area contributed by atoms with Crippen molar-refractivity contribution in [1.82, 2.24) is 4.90 Å². The predicted octanol–water partition coefficient (Wildman–Crippen LogP) is 1.46. The molecule has 0 aliphatic heterocycles. The number of carbonyl (C=O) groups is 3. The second-order valence-corrected chi connectivity index (χ2v) is 12.7. The zero-order valence-electron chi connectivity index (χ0n) is 25.6. The first-order chi connectivity index (χ1) is 20.8. The van der Waals surface area contributed by atoms with E-state index in [2.05, 4.69) is 18.7 Å². The number of carbonyl (C=O) groups excluding carboxylic acids is 3. The number of nitrogens with zero attached hydrogens (tertiary/aromatic N) is 2. The van der Waals surface area contributed by atoms with Gasteiger partial charge in [-0.15, -0.1) is 0 Å². The van der Waals surface area contributed by atoms with Crippen molar-refractivity contribution in [2.45, 2.75) is 64.0 Å². The number of aliphatic hydroxyl groups excluding tert-OH is 2. The Hall–Kier alpha value is -3.70. The lowest BCUT2D eigenvalue weighted by molar-refractivity contribution is -0.148. The minimum atomic E-state index is -4.67. The molecule has 0 radical (unpaired) electrons. The molecule has 0 fully saturated rings. The minimum Gasteiger partial charge on any atom is -0.510 e. The van der Waals surface area contributed by atoms with E-state index in [1.165, 1.54) is 4.90 Å². The zero-order valence-corrected chi connectivity index (χ0v) is 26.5. The molecule has 0 saturated carbocycles. The highest BCUT2D eigenvalue weighted by molar-refractivity contribution is 7.79. The fraction of sp³-hybridized carbons (Fsp3) is 0.552. The van der Waals surface area contributed by atoms with Gasteiger partial charge < -0.3 is 36.8 Å². The van der Waals surface area contributed by atoms with Gasteiger partial charge in [0.05, 0.1) is 17.3 Å². The van der Waals surface area contributed by atoms with Gasteiger partial charge in [0.1, 0.15) is 22.8 Å². The van der Waals surface area contributed by atoms with Gasteiger partial charge in [0, 0.05) is 30.3 Å². The monoisotopic (exact) mass is 654 g/mol. The molecule has 0 saturated heterocycles. The topological polar surface area (TPSA) is 265 Å². The van der Waals surface area contributed by atoms with Crippen LogP contribution >= 0.6 is 0 Å². The highest BCUT2D eigenvalue weighted by atomic mass is 32.3. The number of likely N-dealkylation sites (N-methyl/N-ethyl adjacent to an activating group) is 1. The molecule has 15 nitrogen and oxygen atoms in total. The Labute approximate surface area is 261 Å². The number of hydrogen-bond donors (Lipinski definition) is 8. The van der Waals surface area contributed by atoms with E-state index < -0.39 is 74.2 Å². The number of phenols is 1. The van der Waals surface area contributed by atoms with Gasteiger partial charge in [0.15, 0.2) is 11.4 Å². The highest BCUT2D eigenvalue weighted by Crippen LogP contribution is 2.53. The van der Waals surface area contributed by atoms with Crippen LogP contribution in [0.25, 0.3) is 0 Å². The second kappa shape index (κ2) is 13.3. The van der Waals surface area contributed by atoms with Gasteiger partial charge in [0.2, 0.25) is 5.78 Å². The summed E-state index contributed by atoms with van der Waals surface area (Å²) in [7, 11) is -1.46. The summed E-state index contributed by atoms with van der Waals surface area (Å²) in [6.07, 6.45) is 4.03. The summed E-state index contributed by atoms with van der Waals surface area (Å²) in [5.74, 6) is -6.84. The van der Waals surface area contributed by atoms with Crippen molar-refractivity contribution in [1.29, 1.82) is 0 Å². The van der Waals surface area contributed by atoms with E-state index in [-0.39, 0.29) is 29.7 Å². The number of nitrogen functional groups attached to an aromatic ring is 1. The average Bonchev–Trinajstić information content (AvgIpc) is 2.91. The number of benzene rings is 1. The summed E-state index contributed by atoms with van der Waals surface area (Å²) in [5.41, 5.74) is 9.15. The minimum absolute atomic E-state index is 0.0105. The summed E-state index contributed by atoms with van der Waals surface area (Å²) in [5, 5.41) is 45.1. The van der Waals surface area contributed by atoms with E-state index >= 15 is 0 Å². The zero-order chi connectivity index (χ0) is 34.2. The number of allylic oxidation sites excluding steroid dienone is 1. The maximum absolute atomic E-state index is 14.0. The Morgan fingerprint density at radius 3 is 2.07 bits per heavy atom. The summed E-state index contributed by atoms with van der Waals surface area (Å²) in [4.78, 5) is 43.3. The first-order valence-corrected chi connectivity index (χ1v) is 16.0. The van der Waals surface area contributed by atoms with Crippen LogP contribution in [-0.2, 0) is 26.4 Å². The number of phenolic OH excluding ortho intramolecular Hbond substituents is 1. The Bertz CT molecular complexity index is 1540. The van der Waals surface area contributed by atoms with Crippen molar-refractivity contribution >= 4 is 39.2 Å². The lowest BCUT2D eigenvalue weighted by Gasteiger charge is -2.50. The molecule has 2 unspecified atom stereocenters. The maximum Gasteiger partial charge on any atom is 0.394 e. The lowest BCUT2D eigenvalue weighted by atomic mass is 9.58. The van der Waals surface area contributed by atoms with Crippen molar-refractivity contribution in [3.63, 3.8) is 0 Å². The van der Waals surface area contributed by atoms with E-state index in [1.807, 2.05) is 0 Å². The molecule has 1 amide bonds. The average molecular weight is 655 g/mol. The van der Waals surface area contributed by atoms with Gasteiger partial charge in [-0.05, 0) is 57.3 Å². The third-order valence-corrected chi connectivity index (χ3v) is 8.63.